The number of rotatable bonds is 1. The Hall–Kier alpha value is -1.32. The average molecular weight is 232 g/mol. The highest BCUT2D eigenvalue weighted by Gasteiger charge is 2.46. The lowest BCUT2D eigenvalue weighted by molar-refractivity contribution is -0.143. The molecule has 1 saturated heterocycles. The number of hydrogen-bond acceptors (Lipinski definition) is 2. The Morgan fingerprint density at radius 3 is 2.65 bits per heavy atom. The summed E-state index contributed by atoms with van der Waals surface area (Å²) in [5, 5.41) is 4.27. The molecule has 91 valence electrons. The Kier molecular flexibility index (Phi) is 2.45. The van der Waals surface area contributed by atoms with Crippen LogP contribution >= 0.6 is 0 Å². The fourth-order valence-corrected chi connectivity index (χ4v) is 3.22. The first-order valence-corrected chi connectivity index (χ1v) is 6.34. The van der Waals surface area contributed by atoms with E-state index in [2.05, 4.69) is 11.2 Å². The molecule has 1 radical (unpaired) electrons. The van der Waals surface area contributed by atoms with Crippen LogP contribution in [0.3, 0.4) is 0 Å². The van der Waals surface area contributed by atoms with Gasteiger partial charge in [-0.25, -0.2) is 0 Å². The molecule has 0 atom stereocenters. The summed E-state index contributed by atoms with van der Waals surface area (Å²) >= 11 is 0. The molecule has 4 nitrogen and oxygen atoms in total. The molecule has 1 aromatic rings. The van der Waals surface area contributed by atoms with Crippen molar-refractivity contribution in [2.45, 2.75) is 38.6 Å². The molecule has 3 rings (SSSR count). The van der Waals surface area contributed by atoms with Crippen LogP contribution in [-0.2, 0) is 4.79 Å². The molecule has 0 N–H and O–H groups in total. The molecule has 0 unspecified atom stereocenters. The van der Waals surface area contributed by atoms with Gasteiger partial charge in [0.15, 0.2) is 0 Å². The molecule has 1 spiro atoms. The predicted octanol–water partition coefficient (Wildman–Crippen LogP) is 1.65. The SMILES string of the molecule is CC(=O)N1CC2(CCC(n3c[c]cn3)CC2)C1. The van der Waals surface area contributed by atoms with Crippen LogP contribution in [-0.4, -0.2) is 33.7 Å². The maximum absolute atomic E-state index is 11.2. The smallest absolute Gasteiger partial charge is 0.219 e. The molecule has 1 aromatic heterocycles. The molecule has 1 amide bonds. The zero-order chi connectivity index (χ0) is 11.9. The number of nitrogens with zero attached hydrogens (tertiary/aromatic N) is 3. The van der Waals surface area contributed by atoms with Gasteiger partial charge in [-0.3, -0.25) is 9.48 Å². The van der Waals surface area contributed by atoms with E-state index >= 15 is 0 Å². The molecule has 0 aromatic carbocycles. The predicted molar refractivity (Wildman–Crippen MR) is 63.3 cm³/mol. The quantitative estimate of drug-likeness (QED) is 0.738. The average Bonchev–Trinajstić information content (AvgIpc) is 2.79. The van der Waals surface area contributed by atoms with E-state index in [-0.39, 0.29) is 5.91 Å². The standard InChI is InChI=1S/C13H18N3O/c1-11(17)15-9-13(10-15)5-3-12(4-6-13)16-8-2-7-14-16/h7-8,12H,3-6,9-10H2,1H3. The summed E-state index contributed by atoms with van der Waals surface area (Å²) in [6.07, 6.45) is 8.47. The normalized spacial score (nSPS) is 23.7. The van der Waals surface area contributed by atoms with Crippen molar-refractivity contribution in [2.75, 3.05) is 13.1 Å². The van der Waals surface area contributed by atoms with E-state index < -0.39 is 0 Å². The summed E-state index contributed by atoms with van der Waals surface area (Å²) in [7, 11) is 0. The van der Waals surface area contributed by atoms with Crippen molar-refractivity contribution in [2.24, 2.45) is 5.41 Å². The largest absolute Gasteiger partial charge is 0.342 e. The van der Waals surface area contributed by atoms with Crippen LogP contribution in [0.5, 0.6) is 0 Å². The van der Waals surface area contributed by atoms with Crippen LogP contribution in [0.15, 0.2) is 12.4 Å². The molecular formula is C13H18N3O. The summed E-state index contributed by atoms with van der Waals surface area (Å²) in [6.45, 7) is 3.61. The monoisotopic (exact) mass is 232 g/mol. The molecule has 2 heterocycles. The van der Waals surface area contributed by atoms with Gasteiger partial charge in [-0.15, -0.1) is 0 Å². The van der Waals surface area contributed by atoms with Crippen LogP contribution in [0.25, 0.3) is 0 Å². The van der Waals surface area contributed by atoms with Gasteiger partial charge in [0, 0.05) is 37.7 Å². The third-order valence-electron chi connectivity index (χ3n) is 4.36. The van der Waals surface area contributed by atoms with Crippen molar-refractivity contribution in [1.82, 2.24) is 14.7 Å². The van der Waals surface area contributed by atoms with Gasteiger partial charge in [0.05, 0.1) is 12.2 Å². The van der Waals surface area contributed by atoms with Crippen LogP contribution in [0.4, 0.5) is 0 Å². The van der Waals surface area contributed by atoms with Crippen LogP contribution in [0.1, 0.15) is 38.6 Å². The lowest BCUT2D eigenvalue weighted by Crippen LogP contribution is -2.59. The summed E-state index contributed by atoms with van der Waals surface area (Å²) in [4.78, 5) is 13.2. The van der Waals surface area contributed by atoms with Gasteiger partial charge in [0.1, 0.15) is 0 Å². The van der Waals surface area contributed by atoms with Gasteiger partial charge >= 0.3 is 0 Å². The third kappa shape index (κ3) is 1.85. The van der Waals surface area contributed by atoms with Crippen molar-refractivity contribution in [3.8, 4) is 0 Å². The second kappa shape index (κ2) is 3.86. The highest BCUT2D eigenvalue weighted by molar-refractivity contribution is 5.74. The van der Waals surface area contributed by atoms with Crippen LogP contribution in [0.2, 0.25) is 0 Å². The number of carbonyl (C=O) groups is 1. The van der Waals surface area contributed by atoms with E-state index in [4.69, 9.17) is 0 Å². The molecule has 0 bridgehead atoms. The first kappa shape index (κ1) is 10.8. The fraction of sp³-hybridized carbons (Fsp3) is 0.692. The Morgan fingerprint density at radius 2 is 2.12 bits per heavy atom. The van der Waals surface area contributed by atoms with Gasteiger partial charge in [0.2, 0.25) is 5.91 Å². The Balaban J connectivity index is 1.57. The zero-order valence-electron chi connectivity index (χ0n) is 10.2. The van der Waals surface area contributed by atoms with Crippen molar-refractivity contribution < 1.29 is 4.79 Å². The van der Waals surface area contributed by atoms with Gasteiger partial charge in [-0.1, -0.05) is 0 Å². The maximum Gasteiger partial charge on any atom is 0.219 e. The van der Waals surface area contributed by atoms with Gasteiger partial charge < -0.3 is 4.90 Å². The first-order valence-electron chi connectivity index (χ1n) is 6.34. The molecule has 2 fully saturated rings. The molecule has 2 aliphatic rings. The fourth-order valence-electron chi connectivity index (χ4n) is 3.22. The summed E-state index contributed by atoms with van der Waals surface area (Å²) in [6, 6.07) is 3.54. The molecule has 1 aliphatic carbocycles. The minimum Gasteiger partial charge on any atom is -0.342 e. The van der Waals surface area contributed by atoms with E-state index in [0.717, 1.165) is 13.1 Å². The minimum atomic E-state index is 0.222. The van der Waals surface area contributed by atoms with Crippen LogP contribution in [0, 0.1) is 11.5 Å². The number of aromatic nitrogens is 2. The van der Waals surface area contributed by atoms with E-state index in [0.29, 0.717) is 11.5 Å². The molecule has 17 heavy (non-hydrogen) atoms. The van der Waals surface area contributed by atoms with Crippen LogP contribution < -0.4 is 0 Å². The van der Waals surface area contributed by atoms with Crippen molar-refractivity contribution in [3.05, 3.63) is 18.5 Å². The Morgan fingerprint density at radius 1 is 1.41 bits per heavy atom. The molecular weight excluding hydrogens is 214 g/mol. The number of hydrogen-bond donors (Lipinski definition) is 0. The molecule has 4 heteroatoms. The minimum absolute atomic E-state index is 0.222. The zero-order valence-corrected chi connectivity index (χ0v) is 10.2. The van der Waals surface area contributed by atoms with E-state index in [1.165, 1.54) is 25.7 Å². The number of amides is 1. The van der Waals surface area contributed by atoms with Gasteiger partial charge in [-0.2, -0.15) is 5.10 Å². The van der Waals surface area contributed by atoms with Crippen molar-refractivity contribution in [1.29, 1.82) is 0 Å². The topological polar surface area (TPSA) is 38.1 Å². The van der Waals surface area contributed by atoms with E-state index in [9.17, 15) is 4.79 Å². The maximum atomic E-state index is 11.2. The highest BCUT2D eigenvalue weighted by atomic mass is 16.2. The second-order valence-electron chi connectivity index (χ2n) is 5.53. The highest BCUT2D eigenvalue weighted by Crippen LogP contribution is 2.46. The molecule has 1 saturated carbocycles. The van der Waals surface area contributed by atoms with Crippen molar-refractivity contribution in [3.63, 3.8) is 0 Å². The Labute approximate surface area is 102 Å². The Bertz CT molecular complexity index is 396. The summed E-state index contributed by atoms with van der Waals surface area (Å²) in [5.41, 5.74) is 0.430. The van der Waals surface area contributed by atoms with E-state index in [1.807, 2.05) is 15.8 Å². The first-order chi connectivity index (χ1) is 8.19. The van der Waals surface area contributed by atoms with E-state index in [1.54, 1.807) is 13.1 Å². The number of likely N-dealkylation sites (tertiary alicyclic amines) is 1. The van der Waals surface area contributed by atoms with Gasteiger partial charge in [0.25, 0.3) is 0 Å². The summed E-state index contributed by atoms with van der Waals surface area (Å²) < 4.78 is 2.04. The van der Waals surface area contributed by atoms with Gasteiger partial charge in [-0.05, 0) is 25.7 Å². The summed E-state index contributed by atoms with van der Waals surface area (Å²) in [5.74, 6) is 0.222. The molecule has 1 aliphatic heterocycles. The third-order valence-corrected chi connectivity index (χ3v) is 4.36. The lowest BCUT2D eigenvalue weighted by atomic mass is 9.67. The lowest BCUT2D eigenvalue weighted by Gasteiger charge is -2.53. The number of carbonyl (C=O) groups excluding carboxylic acids is 1. The van der Waals surface area contributed by atoms with Crippen molar-refractivity contribution >= 4 is 5.91 Å². The second-order valence-corrected chi connectivity index (χ2v) is 5.53.